The van der Waals surface area contributed by atoms with Crippen LogP contribution in [0.25, 0.3) is 0 Å². The molecule has 1 aromatic heterocycles. The molecule has 0 spiro atoms. The van der Waals surface area contributed by atoms with Crippen LogP contribution in [-0.4, -0.2) is 45.7 Å². The first kappa shape index (κ1) is 17.7. The van der Waals surface area contributed by atoms with Gasteiger partial charge in [-0.3, -0.25) is 9.52 Å². The van der Waals surface area contributed by atoms with Crippen LogP contribution in [0.4, 0.5) is 11.5 Å². The summed E-state index contributed by atoms with van der Waals surface area (Å²) in [5.74, 6) is -0.0486. The minimum absolute atomic E-state index is 0.00274. The second-order valence-corrected chi connectivity index (χ2v) is 7.15. The third-order valence-electron chi connectivity index (χ3n) is 3.16. The van der Waals surface area contributed by atoms with Gasteiger partial charge in [0.05, 0.1) is 11.3 Å². The molecule has 2 aromatic rings. The standard InChI is InChI=1S/C16H20N4O3S/c1-20(2)15-14(9-6-10-17-15)16(21)18-11-12-24(22,23)19-13-7-4-3-5-8-13/h3-10,19H,11-12H2,1-2H3,(H,18,21). The molecule has 2 rings (SSSR count). The number of benzene rings is 1. The second kappa shape index (κ2) is 7.78. The normalized spacial score (nSPS) is 10.9. The number of nitrogens with zero attached hydrogens (tertiary/aromatic N) is 2. The molecule has 0 aliphatic heterocycles. The van der Waals surface area contributed by atoms with Crippen LogP contribution in [0.2, 0.25) is 0 Å². The van der Waals surface area contributed by atoms with Crippen molar-refractivity contribution >= 4 is 27.4 Å². The number of carbonyl (C=O) groups excluding carboxylic acids is 1. The quantitative estimate of drug-likeness (QED) is 0.787. The zero-order valence-corrected chi connectivity index (χ0v) is 14.4. The molecule has 0 bridgehead atoms. The maximum atomic E-state index is 12.2. The molecule has 1 aromatic carbocycles. The average Bonchev–Trinajstić information content (AvgIpc) is 2.55. The van der Waals surface area contributed by atoms with E-state index in [2.05, 4.69) is 15.0 Å². The van der Waals surface area contributed by atoms with Crippen LogP contribution in [-0.2, 0) is 10.0 Å². The number of sulfonamides is 1. The molecule has 0 saturated heterocycles. The average molecular weight is 348 g/mol. The van der Waals surface area contributed by atoms with E-state index in [1.807, 2.05) is 0 Å². The van der Waals surface area contributed by atoms with Crippen molar-refractivity contribution in [1.82, 2.24) is 10.3 Å². The van der Waals surface area contributed by atoms with Gasteiger partial charge in [0.25, 0.3) is 5.91 Å². The summed E-state index contributed by atoms with van der Waals surface area (Å²) in [6.45, 7) is 0.00274. The Bertz CT molecular complexity index is 792. The summed E-state index contributed by atoms with van der Waals surface area (Å²) >= 11 is 0. The van der Waals surface area contributed by atoms with Gasteiger partial charge in [0, 0.05) is 32.5 Å². The minimum atomic E-state index is -3.53. The number of nitrogens with one attached hydrogen (secondary N) is 2. The van der Waals surface area contributed by atoms with Crippen molar-refractivity contribution in [2.75, 3.05) is 36.0 Å². The van der Waals surface area contributed by atoms with Crippen molar-refractivity contribution in [3.63, 3.8) is 0 Å². The molecule has 128 valence electrons. The number of pyridine rings is 1. The summed E-state index contributed by atoms with van der Waals surface area (Å²) in [5, 5.41) is 2.61. The summed E-state index contributed by atoms with van der Waals surface area (Å²) in [5.41, 5.74) is 0.891. The molecule has 24 heavy (non-hydrogen) atoms. The maximum absolute atomic E-state index is 12.2. The zero-order chi connectivity index (χ0) is 17.6. The molecular weight excluding hydrogens is 328 g/mol. The molecule has 0 unspecified atom stereocenters. The first-order valence-electron chi connectivity index (χ1n) is 7.35. The fourth-order valence-electron chi connectivity index (χ4n) is 2.06. The molecule has 0 radical (unpaired) electrons. The fourth-order valence-corrected chi connectivity index (χ4v) is 3.03. The Balaban J connectivity index is 1.93. The number of amides is 1. The monoisotopic (exact) mass is 348 g/mol. The van der Waals surface area contributed by atoms with E-state index in [4.69, 9.17) is 0 Å². The highest BCUT2D eigenvalue weighted by Crippen LogP contribution is 2.14. The summed E-state index contributed by atoms with van der Waals surface area (Å²) in [4.78, 5) is 18.1. The van der Waals surface area contributed by atoms with Crippen molar-refractivity contribution in [2.24, 2.45) is 0 Å². The highest BCUT2D eigenvalue weighted by molar-refractivity contribution is 7.92. The maximum Gasteiger partial charge on any atom is 0.255 e. The summed E-state index contributed by atoms with van der Waals surface area (Å²) in [7, 11) is 0.0404. The van der Waals surface area contributed by atoms with Crippen LogP contribution in [0.5, 0.6) is 0 Å². The van der Waals surface area contributed by atoms with Gasteiger partial charge in [-0.25, -0.2) is 13.4 Å². The molecule has 0 fully saturated rings. The molecule has 1 heterocycles. The van der Waals surface area contributed by atoms with Crippen LogP contribution >= 0.6 is 0 Å². The third kappa shape index (κ3) is 4.95. The number of rotatable bonds is 7. The summed E-state index contributed by atoms with van der Waals surface area (Å²) in [6.07, 6.45) is 1.60. The number of hydrogen-bond donors (Lipinski definition) is 2. The van der Waals surface area contributed by atoms with Gasteiger partial charge in [0.15, 0.2) is 0 Å². The highest BCUT2D eigenvalue weighted by atomic mass is 32.2. The van der Waals surface area contributed by atoms with Crippen molar-refractivity contribution < 1.29 is 13.2 Å². The van der Waals surface area contributed by atoms with Gasteiger partial charge >= 0.3 is 0 Å². The van der Waals surface area contributed by atoms with E-state index in [1.54, 1.807) is 67.7 Å². The highest BCUT2D eigenvalue weighted by Gasteiger charge is 2.15. The largest absolute Gasteiger partial charge is 0.362 e. The molecule has 0 saturated carbocycles. The number of para-hydroxylation sites is 1. The van der Waals surface area contributed by atoms with Crippen molar-refractivity contribution in [1.29, 1.82) is 0 Å². The Morgan fingerprint density at radius 2 is 1.83 bits per heavy atom. The van der Waals surface area contributed by atoms with Crippen LogP contribution in [0.3, 0.4) is 0 Å². The summed E-state index contributed by atoms with van der Waals surface area (Å²) < 4.78 is 26.5. The lowest BCUT2D eigenvalue weighted by Crippen LogP contribution is -2.32. The lowest BCUT2D eigenvalue weighted by atomic mass is 10.2. The Kier molecular flexibility index (Phi) is 5.75. The van der Waals surface area contributed by atoms with Crippen molar-refractivity contribution in [2.45, 2.75) is 0 Å². The van der Waals surface area contributed by atoms with Gasteiger partial charge < -0.3 is 10.2 Å². The molecule has 8 heteroatoms. The molecule has 1 amide bonds. The van der Waals surface area contributed by atoms with E-state index in [0.29, 0.717) is 17.1 Å². The Morgan fingerprint density at radius 3 is 2.50 bits per heavy atom. The Morgan fingerprint density at radius 1 is 1.12 bits per heavy atom. The fraction of sp³-hybridized carbons (Fsp3) is 0.250. The Hall–Kier alpha value is -2.61. The van der Waals surface area contributed by atoms with E-state index in [0.717, 1.165) is 0 Å². The molecule has 2 N–H and O–H groups in total. The first-order chi connectivity index (χ1) is 11.4. The van der Waals surface area contributed by atoms with E-state index >= 15 is 0 Å². The van der Waals surface area contributed by atoms with Gasteiger partial charge in [-0.15, -0.1) is 0 Å². The molecule has 7 nitrogen and oxygen atoms in total. The topological polar surface area (TPSA) is 91.4 Å². The minimum Gasteiger partial charge on any atom is -0.362 e. The number of aromatic nitrogens is 1. The van der Waals surface area contributed by atoms with E-state index in [-0.39, 0.29) is 18.2 Å². The summed E-state index contributed by atoms with van der Waals surface area (Å²) in [6, 6.07) is 11.9. The van der Waals surface area contributed by atoms with Gasteiger partial charge in [0.1, 0.15) is 5.82 Å². The van der Waals surface area contributed by atoms with Gasteiger partial charge in [-0.1, -0.05) is 18.2 Å². The first-order valence-corrected chi connectivity index (χ1v) is 9.00. The predicted octanol–water partition coefficient (Wildman–Crippen LogP) is 1.32. The molecule has 0 aliphatic rings. The van der Waals surface area contributed by atoms with Crippen LogP contribution in [0, 0.1) is 0 Å². The third-order valence-corrected chi connectivity index (χ3v) is 4.45. The zero-order valence-electron chi connectivity index (χ0n) is 13.6. The lowest BCUT2D eigenvalue weighted by Gasteiger charge is -2.15. The number of anilines is 2. The van der Waals surface area contributed by atoms with E-state index < -0.39 is 10.0 Å². The Labute approximate surface area is 141 Å². The van der Waals surface area contributed by atoms with Gasteiger partial charge in [-0.05, 0) is 24.3 Å². The smallest absolute Gasteiger partial charge is 0.255 e. The van der Waals surface area contributed by atoms with Gasteiger partial charge in [0.2, 0.25) is 10.0 Å². The van der Waals surface area contributed by atoms with Crippen molar-refractivity contribution in [3.05, 3.63) is 54.2 Å². The van der Waals surface area contributed by atoms with E-state index in [1.165, 1.54) is 0 Å². The SMILES string of the molecule is CN(C)c1ncccc1C(=O)NCCS(=O)(=O)Nc1ccccc1. The van der Waals surface area contributed by atoms with Gasteiger partial charge in [-0.2, -0.15) is 0 Å². The number of hydrogen-bond acceptors (Lipinski definition) is 5. The van der Waals surface area contributed by atoms with Crippen LogP contribution < -0.4 is 14.9 Å². The van der Waals surface area contributed by atoms with Crippen LogP contribution in [0.1, 0.15) is 10.4 Å². The number of carbonyl (C=O) groups is 1. The van der Waals surface area contributed by atoms with E-state index in [9.17, 15) is 13.2 Å². The second-order valence-electron chi connectivity index (χ2n) is 5.31. The molecule has 0 atom stereocenters. The lowest BCUT2D eigenvalue weighted by molar-refractivity contribution is 0.0956. The predicted molar refractivity (Wildman–Crippen MR) is 94.7 cm³/mol. The molecule has 0 aliphatic carbocycles. The van der Waals surface area contributed by atoms with Crippen molar-refractivity contribution in [3.8, 4) is 0 Å². The molecular formula is C16H20N4O3S. The van der Waals surface area contributed by atoms with Crippen LogP contribution in [0.15, 0.2) is 48.7 Å².